The standard InChI is InChI=1S/C9H15NS2/c1-3-7-11-9(5-6-10)12-8-4-2/h5H,3-4,7-8H2,1-2H3. The highest BCUT2D eigenvalue weighted by Gasteiger charge is 1.96. The van der Waals surface area contributed by atoms with Gasteiger partial charge < -0.3 is 0 Å². The van der Waals surface area contributed by atoms with Crippen LogP contribution in [0.3, 0.4) is 0 Å². The molecule has 1 nitrogen and oxygen atoms in total. The van der Waals surface area contributed by atoms with Crippen molar-refractivity contribution in [2.24, 2.45) is 0 Å². The predicted molar refractivity (Wildman–Crippen MR) is 59.2 cm³/mol. The van der Waals surface area contributed by atoms with Crippen LogP contribution in [0, 0.1) is 11.3 Å². The quantitative estimate of drug-likeness (QED) is 0.613. The Morgan fingerprint density at radius 2 is 1.75 bits per heavy atom. The molecular formula is C9H15NS2. The van der Waals surface area contributed by atoms with Gasteiger partial charge in [0, 0.05) is 6.08 Å². The van der Waals surface area contributed by atoms with Gasteiger partial charge >= 0.3 is 0 Å². The fourth-order valence-corrected chi connectivity index (χ4v) is 2.50. The monoisotopic (exact) mass is 201 g/mol. The summed E-state index contributed by atoms with van der Waals surface area (Å²) in [6.45, 7) is 4.31. The number of thioether (sulfide) groups is 2. The Hall–Kier alpha value is -0.0700. The van der Waals surface area contributed by atoms with Crippen LogP contribution in [0.4, 0.5) is 0 Å². The SMILES string of the molecule is CCCSC(=CC#N)SCCC. The van der Waals surface area contributed by atoms with E-state index in [1.165, 1.54) is 17.1 Å². The zero-order chi connectivity index (χ0) is 9.23. The smallest absolute Gasteiger partial charge is 0.0929 e. The molecule has 0 N–H and O–H groups in total. The molecule has 0 amide bonds. The van der Waals surface area contributed by atoms with Crippen molar-refractivity contribution in [2.75, 3.05) is 11.5 Å². The first-order valence-electron chi connectivity index (χ1n) is 4.20. The van der Waals surface area contributed by atoms with Crippen LogP contribution >= 0.6 is 23.5 Å². The number of nitrogens with zero attached hydrogens (tertiary/aromatic N) is 1. The lowest BCUT2D eigenvalue weighted by Gasteiger charge is -2.02. The second-order valence-electron chi connectivity index (χ2n) is 2.29. The molecular weight excluding hydrogens is 186 g/mol. The molecule has 0 heterocycles. The first-order chi connectivity index (χ1) is 5.85. The van der Waals surface area contributed by atoms with Gasteiger partial charge in [0.15, 0.2) is 0 Å². The second kappa shape index (κ2) is 9.02. The number of rotatable bonds is 6. The van der Waals surface area contributed by atoms with Crippen molar-refractivity contribution in [3.63, 3.8) is 0 Å². The number of hydrogen-bond acceptors (Lipinski definition) is 3. The van der Waals surface area contributed by atoms with E-state index in [2.05, 4.69) is 19.9 Å². The van der Waals surface area contributed by atoms with Crippen LogP contribution in [-0.2, 0) is 0 Å². The van der Waals surface area contributed by atoms with Crippen LogP contribution in [0.25, 0.3) is 0 Å². The number of nitriles is 1. The van der Waals surface area contributed by atoms with Crippen molar-refractivity contribution >= 4 is 23.5 Å². The molecule has 0 aromatic rings. The molecule has 12 heavy (non-hydrogen) atoms. The summed E-state index contributed by atoms with van der Waals surface area (Å²) >= 11 is 3.58. The number of hydrogen-bond donors (Lipinski definition) is 0. The van der Waals surface area contributed by atoms with E-state index in [4.69, 9.17) is 5.26 Å². The molecule has 0 aliphatic carbocycles. The normalized spacial score (nSPS) is 9.08. The fourth-order valence-electron chi connectivity index (χ4n) is 0.583. The lowest BCUT2D eigenvalue weighted by molar-refractivity contribution is 1.11. The van der Waals surface area contributed by atoms with Crippen LogP contribution in [0.2, 0.25) is 0 Å². The van der Waals surface area contributed by atoms with Gasteiger partial charge in [-0.15, -0.1) is 23.5 Å². The molecule has 0 aromatic carbocycles. The molecule has 0 aliphatic heterocycles. The molecule has 0 fully saturated rings. The summed E-state index contributed by atoms with van der Waals surface area (Å²) in [5.41, 5.74) is 0. The zero-order valence-corrected chi connectivity index (χ0v) is 9.30. The molecule has 0 spiro atoms. The lowest BCUT2D eigenvalue weighted by atomic mass is 10.6. The molecule has 0 atom stereocenters. The van der Waals surface area contributed by atoms with E-state index in [1.807, 2.05) is 0 Å². The molecule has 68 valence electrons. The van der Waals surface area contributed by atoms with Gasteiger partial charge in [-0.25, -0.2) is 0 Å². The molecule has 0 aliphatic rings. The van der Waals surface area contributed by atoms with Crippen LogP contribution in [0.1, 0.15) is 26.7 Å². The van der Waals surface area contributed by atoms with Crippen LogP contribution in [0.5, 0.6) is 0 Å². The molecule has 0 radical (unpaired) electrons. The van der Waals surface area contributed by atoms with Gasteiger partial charge in [-0.3, -0.25) is 0 Å². The summed E-state index contributed by atoms with van der Waals surface area (Å²) in [5, 5.41) is 8.48. The largest absolute Gasteiger partial charge is 0.193 e. The van der Waals surface area contributed by atoms with Crippen molar-refractivity contribution in [1.29, 1.82) is 5.26 Å². The molecule has 0 saturated heterocycles. The van der Waals surface area contributed by atoms with Gasteiger partial charge in [-0.2, -0.15) is 5.26 Å². The van der Waals surface area contributed by atoms with E-state index in [9.17, 15) is 0 Å². The van der Waals surface area contributed by atoms with E-state index in [0.29, 0.717) is 0 Å². The van der Waals surface area contributed by atoms with Crippen molar-refractivity contribution < 1.29 is 0 Å². The van der Waals surface area contributed by atoms with Gasteiger partial charge in [0.2, 0.25) is 0 Å². The minimum atomic E-state index is 1.12. The first kappa shape index (κ1) is 11.9. The highest BCUT2D eigenvalue weighted by Crippen LogP contribution is 2.28. The van der Waals surface area contributed by atoms with Crippen molar-refractivity contribution in [3.8, 4) is 6.07 Å². The summed E-state index contributed by atoms with van der Waals surface area (Å²) < 4.78 is 1.17. The highest BCUT2D eigenvalue weighted by molar-refractivity contribution is 8.22. The average molecular weight is 201 g/mol. The average Bonchev–Trinajstić information content (AvgIpc) is 2.10. The Morgan fingerprint density at radius 1 is 1.25 bits per heavy atom. The van der Waals surface area contributed by atoms with Crippen LogP contribution < -0.4 is 0 Å². The van der Waals surface area contributed by atoms with E-state index >= 15 is 0 Å². The summed E-state index contributed by atoms with van der Waals surface area (Å²) in [6.07, 6.45) is 3.99. The highest BCUT2D eigenvalue weighted by atomic mass is 32.2. The summed E-state index contributed by atoms with van der Waals surface area (Å²) in [7, 11) is 0. The van der Waals surface area contributed by atoms with Gasteiger partial charge in [-0.05, 0) is 24.3 Å². The van der Waals surface area contributed by atoms with Gasteiger partial charge in [0.1, 0.15) is 0 Å². The van der Waals surface area contributed by atoms with E-state index in [1.54, 1.807) is 29.6 Å². The van der Waals surface area contributed by atoms with Crippen LogP contribution in [0.15, 0.2) is 10.3 Å². The minimum absolute atomic E-state index is 1.12. The summed E-state index contributed by atoms with van der Waals surface area (Å²) in [5.74, 6) is 2.23. The van der Waals surface area contributed by atoms with Gasteiger partial charge in [-0.1, -0.05) is 13.8 Å². The van der Waals surface area contributed by atoms with Crippen molar-refractivity contribution in [3.05, 3.63) is 10.3 Å². The minimum Gasteiger partial charge on any atom is -0.193 e. The topological polar surface area (TPSA) is 23.8 Å². The molecule has 0 unspecified atom stereocenters. The lowest BCUT2D eigenvalue weighted by Crippen LogP contribution is -1.78. The Bertz CT molecular complexity index is 160. The van der Waals surface area contributed by atoms with E-state index < -0.39 is 0 Å². The summed E-state index contributed by atoms with van der Waals surface area (Å²) in [4.78, 5) is 0. The maximum Gasteiger partial charge on any atom is 0.0929 e. The Balaban J connectivity index is 3.72. The number of allylic oxidation sites excluding steroid dienone is 1. The third-order valence-corrected chi connectivity index (χ3v) is 3.82. The fraction of sp³-hybridized carbons (Fsp3) is 0.667. The molecule has 0 rings (SSSR count). The third kappa shape index (κ3) is 6.63. The first-order valence-corrected chi connectivity index (χ1v) is 6.17. The predicted octanol–water partition coefficient (Wildman–Crippen LogP) is 3.64. The Kier molecular flexibility index (Phi) is 8.97. The third-order valence-electron chi connectivity index (χ3n) is 1.08. The van der Waals surface area contributed by atoms with E-state index in [-0.39, 0.29) is 0 Å². The Labute approximate surface area is 83.6 Å². The zero-order valence-electron chi connectivity index (χ0n) is 7.67. The summed E-state index contributed by atoms with van der Waals surface area (Å²) in [6, 6.07) is 2.08. The van der Waals surface area contributed by atoms with Gasteiger partial charge in [0.05, 0.1) is 10.3 Å². The van der Waals surface area contributed by atoms with Crippen molar-refractivity contribution in [1.82, 2.24) is 0 Å². The Morgan fingerprint density at radius 3 is 2.08 bits per heavy atom. The molecule has 0 aromatic heterocycles. The maximum atomic E-state index is 8.48. The molecule has 0 saturated carbocycles. The van der Waals surface area contributed by atoms with Crippen molar-refractivity contribution in [2.45, 2.75) is 26.7 Å². The maximum absolute atomic E-state index is 8.48. The second-order valence-corrected chi connectivity index (χ2v) is 4.82. The molecule has 3 heteroatoms. The van der Waals surface area contributed by atoms with Crippen LogP contribution in [-0.4, -0.2) is 11.5 Å². The van der Waals surface area contributed by atoms with E-state index in [0.717, 1.165) is 11.5 Å². The van der Waals surface area contributed by atoms with Gasteiger partial charge in [0.25, 0.3) is 0 Å². The molecule has 0 bridgehead atoms.